The van der Waals surface area contributed by atoms with Crippen molar-refractivity contribution < 1.29 is 13.5 Å². The average Bonchev–Trinajstić information content (AvgIpc) is 2.45. The highest BCUT2D eigenvalue weighted by Gasteiger charge is 2.35. The minimum atomic E-state index is -3.48. The molecule has 0 atom stereocenters. The van der Waals surface area contributed by atoms with Gasteiger partial charge in [0.1, 0.15) is 0 Å². The topological polar surface area (TPSA) is 80.4 Å². The molecule has 0 aromatic heterocycles. The molecule has 0 radical (unpaired) electrons. The summed E-state index contributed by atoms with van der Waals surface area (Å²) in [6.45, 7) is 0.413. The van der Waals surface area contributed by atoms with E-state index < -0.39 is 15.4 Å². The number of nitrogens with two attached hydrogens (primary N) is 1. The molecule has 2 rings (SSSR count). The summed E-state index contributed by atoms with van der Waals surface area (Å²) >= 11 is 0. The zero-order chi connectivity index (χ0) is 15.3. The van der Waals surface area contributed by atoms with Gasteiger partial charge in [-0.3, -0.25) is 0 Å². The standard InChI is InChI=1S/C16H23NO3S/c17-11-5-7-14-6-4-8-15(12-14)21(19,20)13-16(18)9-2-1-3-10-16/h4-8,12,18H,1-3,9-11,13,17H2. The Hall–Kier alpha value is -1.17. The highest BCUT2D eigenvalue weighted by molar-refractivity contribution is 7.91. The second kappa shape index (κ2) is 6.73. The first-order valence-corrected chi connectivity index (χ1v) is 9.02. The van der Waals surface area contributed by atoms with Crippen LogP contribution >= 0.6 is 0 Å². The second-order valence-corrected chi connectivity index (χ2v) is 7.74. The molecule has 0 heterocycles. The molecule has 0 aliphatic heterocycles. The van der Waals surface area contributed by atoms with E-state index in [4.69, 9.17) is 5.73 Å². The minimum Gasteiger partial charge on any atom is -0.389 e. The molecule has 116 valence electrons. The molecule has 0 bridgehead atoms. The number of hydrogen-bond acceptors (Lipinski definition) is 4. The Morgan fingerprint density at radius 3 is 2.62 bits per heavy atom. The summed E-state index contributed by atoms with van der Waals surface area (Å²) in [4.78, 5) is 0.265. The molecule has 21 heavy (non-hydrogen) atoms. The van der Waals surface area contributed by atoms with Gasteiger partial charge >= 0.3 is 0 Å². The molecular formula is C16H23NO3S. The van der Waals surface area contributed by atoms with Crippen LogP contribution in [-0.2, 0) is 9.84 Å². The molecule has 0 amide bonds. The summed E-state index contributed by atoms with van der Waals surface area (Å²) in [7, 11) is -3.48. The Morgan fingerprint density at radius 2 is 1.95 bits per heavy atom. The highest BCUT2D eigenvalue weighted by atomic mass is 32.2. The van der Waals surface area contributed by atoms with Crippen molar-refractivity contribution in [2.75, 3.05) is 12.3 Å². The van der Waals surface area contributed by atoms with Gasteiger partial charge in [0.25, 0.3) is 0 Å². The third-order valence-corrected chi connectivity index (χ3v) is 5.80. The molecule has 4 nitrogen and oxygen atoms in total. The normalized spacial score (nSPS) is 19.0. The number of aliphatic hydroxyl groups is 1. The van der Waals surface area contributed by atoms with Gasteiger partial charge in [0.05, 0.1) is 16.2 Å². The fourth-order valence-electron chi connectivity index (χ4n) is 2.81. The molecule has 0 spiro atoms. The average molecular weight is 309 g/mol. The van der Waals surface area contributed by atoms with Crippen molar-refractivity contribution in [3.63, 3.8) is 0 Å². The van der Waals surface area contributed by atoms with Crippen LogP contribution in [-0.4, -0.2) is 31.4 Å². The molecule has 1 saturated carbocycles. The summed E-state index contributed by atoms with van der Waals surface area (Å²) in [5, 5.41) is 10.5. The molecule has 1 aromatic rings. The lowest BCUT2D eigenvalue weighted by Crippen LogP contribution is -2.39. The third kappa shape index (κ3) is 4.40. The van der Waals surface area contributed by atoms with Crippen molar-refractivity contribution in [1.82, 2.24) is 0 Å². The van der Waals surface area contributed by atoms with Crippen molar-refractivity contribution >= 4 is 15.9 Å². The van der Waals surface area contributed by atoms with Gasteiger partial charge in [0.2, 0.25) is 0 Å². The van der Waals surface area contributed by atoms with E-state index in [0.717, 1.165) is 24.8 Å². The smallest absolute Gasteiger partial charge is 0.181 e. The number of sulfone groups is 1. The second-order valence-electron chi connectivity index (χ2n) is 5.75. The van der Waals surface area contributed by atoms with Crippen LogP contribution in [0.25, 0.3) is 6.08 Å². The van der Waals surface area contributed by atoms with Crippen LogP contribution < -0.4 is 5.73 Å². The van der Waals surface area contributed by atoms with Crippen molar-refractivity contribution in [1.29, 1.82) is 0 Å². The quantitative estimate of drug-likeness (QED) is 0.873. The SMILES string of the molecule is NCC=Cc1cccc(S(=O)(=O)CC2(O)CCCCC2)c1. The molecule has 3 N–H and O–H groups in total. The molecule has 0 saturated heterocycles. The summed E-state index contributed by atoms with van der Waals surface area (Å²) in [5.41, 5.74) is 5.14. The van der Waals surface area contributed by atoms with Gasteiger partial charge < -0.3 is 10.8 Å². The van der Waals surface area contributed by atoms with E-state index in [1.54, 1.807) is 30.4 Å². The maximum atomic E-state index is 12.5. The number of hydrogen-bond donors (Lipinski definition) is 2. The Morgan fingerprint density at radius 1 is 1.24 bits per heavy atom. The van der Waals surface area contributed by atoms with E-state index in [-0.39, 0.29) is 10.6 Å². The maximum Gasteiger partial charge on any atom is 0.181 e. The monoisotopic (exact) mass is 309 g/mol. The van der Waals surface area contributed by atoms with Crippen molar-refractivity contribution in [3.8, 4) is 0 Å². The summed E-state index contributed by atoms with van der Waals surface area (Å²) in [5.74, 6) is -0.190. The van der Waals surface area contributed by atoms with E-state index in [1.807, 2.05) is 6.07 Å². The van der Waals surface area contributed by atoms with Crippen LogP contribution in [0, 0.1) is 0 Å². The first-order chi connectivity index (χ1) is 9.95. The molecular weight excluding hydrogens is 286 g/mol. The van der Waals surface area contributed by atoms with Gasteiger partial charge in [-0.15, -0.1) is 0 Å². The van der Waals surface area contributed by atoms with Gasteiger partial charge in [0.15, 0.2) is 9.84 Å². The lowest BCUT2D eigenvalue weighted by molar-refractivity contribution is 0.0257. The molecule has 1 fully saturated rings. The lowest BCUT2D eigenvalue weighted by atomic mass is 9.86. The van der Waals surface area contributed by atoms with Crippen molar-refractivity contribution in [2.24, 2.45) is 5.73 Å². The minimum absolute atomic E-state index is 0.190. The number of benzene rings is 1. The van der Waals surface area contributed by atoms with Crippen LogP contribution in [0.2, 0.25) is 0 Å². The van der Waals surface area contributed by atoms with Gasteiger partial charge in [-0.25, -0.2) is 8.42 Å². The predicted octanol–water partition coefficient (Wildman–Crippen LogP) is 2.13. The maximum absolute atomic E-state index is 12.5. The largest absolute Gasteiger partial charge is 0.389 e. The summed E-state index contributed by atoms with van der Waals surface area (Å²) in [6.07, 6.45) is 7.57. The van der Waals surface area contributed by atoms with E-state index in [2.05, 4.69) is 0 Å². The van der Waals surface area contributed by atoms with E-state index in [9.17, 15) is 13.5 Å². The zero-order valence-corrected chi connectivity index (χ0v) is 13.0. The molecule has 1 aliphatic carbocycles. The van der Waals surface area contributed by atoms with E-state index >= 15 is 0 Å². The van der Waals surface area contributed by atoms with E-state index in [1.165, 1.54) is 0 Å². The van der Waals surface area contributed by atoms with Gasteiger partial charge in [-0.2, -0.15) is 0 Å². The zero-order valence-electron chi connectivity index (χ0n) is 12.2. The highest BCUT2D eigenvalue weighted by Crippen LogP contribution is 2.31. The first-order valence-electron chi connectivity index (χ1n) is 7.37. The summed E-state index contributed by atoms with van der Waals surface area (Å²) in [6, 6.07) is 6.77. The molecule has 5 heteroatoms. The van der Waals surface area contributed by atoms with Gasteiger partial charge in [-0.05, 0) is 30.5 Å². The van der Waals surface area contributed by atoms with Crippen LogP contribution in [0.3, 0.4) is 0 Å². The fraction of sp³-hybridized carbons (Fsp3) is 0.500. The first kappa shape index (κ1) is 16.2. The van der Waals surface area contributed by atoms with Crippen molar-refractivity contribution in [3.05, 3.63) is 35.9 Å². The molecule has 1 aromatic carbocycles. The summed E-state index contributed by atoms with van der Waals surface area (Å²) < 4.78 is 25.0. The fourth-order valence-corrected chi connectivity index (χ4v) is 4.57. The Kier molecular flexibility index (Phi) is 5.19. The lowest BCUT2D eigenvalue weighted by Gasteiger charge is -2.31. The van der Waals surface area contributed by atoms with Gasteiger partial charge in [-0.1, -0.05) is 43.5 Å². The van der Waals surface area contributed by atoms with Crippen LogP contribution in [0.4, 0.5) is 0 Å². The Labute approximate surface area is 126 Å². The molecule has 0 unspecified atom stereocenters. The van der Waals surface area contributed by atoms with Gasteiger partial charge in [0, 0.05) is 6.54 Å². The van der Waals surface area contributed by atoms with Crippen molar-refractivity contribution in [2.45, 2.75) is 42.6 Å². The van der Waals surface area contributed by atoms with Crippen LogP contribution in [0.5, 0.6) is 0 Å². The third-order valence-electron chi connectivity index (χ3n) is 3.91. The molecule has 1 aliphatic rings. The Bertz CT molecular complexity index is 602. The predicted molar refractivity (Wildman–Crippen MR) is 84.6 cm³/mol. The van der Waals surface area contributed by atoms with E-state index in [0.29, 0.717) is 19.4 Å². The number of rotatable bonds is 5. The van der Waals surface area contributed by atoms with Crippen LogP contribution in [0.15, 0.2) is 35.2 Å². The Balaban J connectivity index is 2.21. The van der Waals surface area contributed by atoms with Crippen LogP contribution in [0.1, 0.15) is 37.7 Å².